The molecule has 0 bridgehead atoms. The Balaban J connectivity index is 1.89. The normalized spacial score (nSPS) is 22.7. The van der Waals surface area contributed by atoms with Crippen LogP contribution >= 0.6 is 11.6 Å². The Morgan fingerprint density at radius 1 is 1.41 bits per heavy atom. The van der Waals surface area contributed by atoms with E-state index in [1.54, 1.807) is 6.92 Å². The predicted octanol–water partition coefficient (Wildman–Crippen LogP) is 2.98. The number of hydrogen-bond donors (Lipinski definition) is 1. The molecular weight excluding hydrogens is 304 g/mol. The molecule has 0 aromatic carbocycles. The minimum absolute atomic E-state index is 0.165. The Bertz CT molecular complexity index is 550. The molecule has 3 unspecified atom stereocenters. The molecule has 22 heavy (non-hydrogen) atoms. The van der Waals surface area contributed by atoms with Gasteiger partial charge in [0.1, 0.15) is 5.15 Å². The molecule has 0 aliphatic heterocycles. The van der Waals surface area contributed by atoms with Crippen LogP contribution in [0.1, 0.15) is 49.9 Å². The van der Waals surface area contributed by atoms with Crippen LogP contribution in [0.2, 0.25) is 5.15 Å². The maximum atomic E-state index is 12.2. The third-order valence-corrected chi connectivity index (χ3v) is 4.26. The number of hydrogen-bond acceptors (Lipinski definition) is 4. The van der Waals surface area contributed by atoms with Crippen molar-refractivity contribution < 1.29 is 14.3 Å². The Labute approximate surface area is 135 Å². The molecule has 1 saturated carbocycles. The van der Waals surface area contributed by atoms with Gasteiger partial charge in [-0.15, -0.1) is 0 Å². The fourth-order valence-corrected chi connectivity index (χ4v) is 2.82. The molecule has 1 fully saturated rings. The van der Waals surface area contributed by atoms with E-state index in [0.29, 0.717) is 5.92 Å². The lowest BCUT2D eigenvalue weighted by molar-refractivity contribution is -0.130. The van der Waals surface area contributed by atoms with Gasteiger partial charge in [-0.05, 0) is 37.8 Å². The standard InChI is InChI=1S/C16H21ClN2O3/c1-10-5-3-4-6-13(10)19-15(20)11(2)22-16(21)12-7-8-18-14(17)9-12/h7-11,13H,3-6H2,1-2H3,(H,19,20). The van der Waals surface area contributed by atoms with Gasteiger partial charge >= 0.3 is 5.97 Å². The lowest BCUT2D eigenvalue weighted by Crippen LogP contribution is -2.45. The number of amides is 1. The van der Waals surface area contributed by atoms with Crippen LogP contribution < -0.4 is 5.32 Å². The van der Waals surface area contributed by atoms with E-state index in [0.717, 1.165) is 19.3 Å². The number of esters is 1. The van der Waals surface area contributed by atoms with Crippen molar-refractivity contribution in [2.75, 3.05) is 0 Å². The lowest BCUT2D eigenvalue weighted by atomic mass is 9.86. The summed E-state index contributed by atoms with van der Waals surface area (Å²) in [5.74, 6) is -0.379. The van der Waals surface area contributed by atoms with Gasteiger partial charge in [0.15, 0.2) is 6.10 Å². The van der Waals surface area contributed by atoms with E-state index in [2.05, 4.69) is 17.2 Å². The number of ether oxygens (including phenoxy) is 1. The van der Waals surface area contributed by atoms with Crippen LogP contribution in [0.4, 0.5) is 0 Å². The fourth-order valence-electron chi connectivity index (χ4n) is 2.64. The first kappa shape index (κ1) is 16.7. The minimum Gasteiger partial charge on any atom is -0.449 e. The minimum atomic E-state index is -0.839. The number of rotatable bonds is 4. The molecule has 1 heterocycles. The second-order valence-corrected chi connectivity index (χ2v) is 6.18. The monoisotopic (exact) mass is 324 g/mol. The predicted molar refractivity (Wildman–Crippen MR) is 83.7 cm³/mol. The summed E-state index contributed by atoms with van der Waals surface area (Å²) in [6, 6.07) is 3.08. The summed E-state index contributed by atoms with van der Waals surface area (Å²) in [7, 11) is 0. The van der Waals surface area contributed by atoms with E-state index in [4.69, 9.17) is 16.3 Å². The third kappa shape index (κ3) is 4.44. The third-order valence-electron chi connectivity index (χ3n) is 4.05. The molecule has 5 nitrogen and oxygen atoms in total. The highest BCUT2D eigenvalue weighted by atomic mass is 35.5. The highest BCUT2D eigenvalue weighted by molar-refractivity contribution is 6.29. The lowest BCUT2D eigenvalue weighted by Gasteiger charge is -2.30. The highest BCUT2D eigenvalue weighted by Gasteiger charge is 2.26. The van der Waals surface area contributed by atoms with E-state index in [1.807, 2.05) is 0 Å². The van der Waals surface area contributed by atoms with Crippen molar-refractivity contribution in [3.05, 3.63) is 29.0 Å². The Hall–Kier alpha value is -1.62. The first-order valence-corrected chi connectivity index (χ1v) is 7.98. The molecule has 0 saturated heterocycles. The van der Waals surface area contributed by atoms with Crippen LogP contribution in [0.25, 0.3) is 0 Å². The summed E-state index contributed by atoms with van der Waals surface area (Å²) in [5, 5.41) is 3.19. The van der Waals surface area contributed by atoms with Crippen molar-refractivity contribution >= 4 is 23.5 Å². The van der Waals surface area contributed by atoms with Gasteiger partial charge in [-0.1, -0.05) is 31.4 Å². The van der Waals surface area contributed by atoms with Gasteiger partial charge in [-0.25, -0.2) is 9.78 Å². The van der Waals surface area contributed by atoms with Crippen molar-refractivity contribution in [3.63, 3.8) is 0 Å². The van der Waals surface area contributed by atoms with Crippen molar-refractivity contribution in [2.24, 2.45) is 5.92 Å². The average molecular weight is 325 g/mol. The maximum Gasteiger partial charge on any atom is 0.339 e. The molecule has 1 aromatic heterocycles. The Kier molecular flexibility index (Phi) is 5.77. The van der Waals surface area contributed by atoms with Gasteiger partial charge in [-0.2, -0.15) is 0 Å². The van der Waals surface area contributed by atoms with E-state index in [1.165, 1.54) is 24.8 Å². The van der Waals surface area contributed by atoms with Crippen LogP contribution in [0.5, 0.6) is 0 Å². The molecule has 120 valence electrons. The van der Waals surface area contributed by atoms with Gasteiger partial charge in [0.25, 0.3) is 5.91 Å². The van der Waals surface area contributed by atoms with E-state index in [9.17, 15) is 9.59 Å². The molecule has 1 aromatic rings. The number of carbonyl (C=O) groups excluding carboxylic acids is 2. The Morgan fingerprint density at radius 3 is 2.82 bits per heavy atom. The van der Waals surface area contributed by atoms with E-state index >= 15 is 0 Å². The number of aromatic nitrogens is 1. The van der Waals surface area contributed by atoms with E-state index in [-0.39, 0.29) is 22.7 Å². The largest absolute Gasteiger partial charge is 0.449 e. The van der Waals surface area contributed by atoms with Crippen LogP contribution in [-0.4, -0.2) is 29.0 Å². The van der Waals surface area contributed by atoms with Crippen molar-refractivity contribution in [2.45, 2.75) is 51.7 Å². The number of halogens is 1. The molecule has 0 spiro atoms. The SMILES string of the molecule is CC(OC(=O)c1ccnc(Cl)c1)C(=O)NC1CCCCC1C. The zero-order valence-electron chi connectivity index (χ0n) is 12.8. The molecule has 6 heteroatoms. The second kappa shape index (κ2) is 7.58. The number of pyridine rings is 1. The van der Waals surface area contributed by atoms with E-state index < -0.39 is 12.1 Å². The van der Waals surface area contributed by atoms with Crippen LogP contribution in [0, 0.1) is 5.92 Å². The van der Waals surface area contributed by atoms with Crippen LogP contribution in [-0.2, 0) is 9.53 Å². The molecule has 0 radical (unpaired) electrons. The van der Waals surface area contributed by atoms with Crippen LogP contribution in [0.3, 0.4) is 0 Å². The number of nitrogens with one attached hydrogen (secondary N) is 1. The fraction of sp³-hybridized carbons (Fsp3) is 0.562. The summed E-state index contributed by atoms with van der Waals surface area (Å²) in [6.07, 6.45) is 5.02. The van der Waals surface area contributed by atoms with Gasteiger partial charge in [0.05, 0.1) is 5.56 Å². The molecule has 3 atom stereocenters. The maximum absolute atomic E-state index is 12.2. The smallest absolute Gasteiger partial charge is 0.339 e. The number of carbonyl (C=O) groups is 2. The first-order valence-electron chi connectivity index (χ1n) is 7.60. The average Bonchev–Trinajstić information content (AvgIpc) is 2.49. The summed E-state index contributed by atoms with van der Waals surface area (Å²) in [6.45, 7) is 3.71. The summed E-state index contributed by atoms with van der Waals surface area (Å²) >= 11 is 5.73. The zero-order chi connectivity index (χ0) is 16.1. The van der Waals surface area contributed by atoms with Gasteiger partial charge in [-0.3, -0.25) is 4.79 Å². The zero-order valence-corrected chi connectivity index (χ0v) is 13.6. The molecule has 1 N–H and O–H groups in total. The van der Waals surface area contributed by atoms with Gasteiger partial charge < -0.3 is 10.1 Å². The topological polar surface area (TPSA) is 68.3 Å². The molecule has 2 rings (SSSR count). The molecular formula is C16H21ClN2O3. The first-order chi connectivity index (χ1) is 10.5. The van der Waals surface area contributed by atoms with Crippen molar-refractivity contribution in [1.82, 2.24) is 10.3 Å². The quantitative estimate of drug-likeness (QED) is 0.683. The molecule has 1 amide bonds. The molecule has 1 aliphatic rings. The summed E-state index contributed by atoms with van der Waals surface area (Å²) in [4.78, 5) is 27.9. The molecule has 1 aliphatic carbocycles. The van der Waals surface area contributed by atoms with Crippen molar-refractivity contribution in [3.8, 4) is 0 Å². The number of nitrogens with zero attached hydrogens (tertiary/aromatic N) is 1. The highest BCUT2D eigenvalue weighted by Crippen LogP contribution is 2.23. The Morgan fingerprint density at radius 2 is 2.14 bits per heavy atom. The summed E-state index contributed by atoms with van der Waals surface area (Å²) in [5.41, 5.74) is 0.283. The van der Waals surface area contributed by atoms with Gasteiger partial charge in [0.2, 0.25) is 0 Å². The summed E-state index contributed by atoms with van der Waals surface area (Å²) < 4.78 is 5.19. The van der Waals surface area contributed by atoms with Crippen molar-refractivity contribution in [1.29, 1.82) is 0 Å². The second-order valence-electron chi connectivity index (χ2n) is 5.79. The van der Waals surface area contributed by atoms with Crippen LogP contribution in [0.15, 0.2) is 18.3 Å². The van der Waals surface area contributed by atoms with Gasteiger partial charge in [0, 0.05) is 12.2 Å².